The molecule has 0 atom stereocenters. The summed E-state index contributed by atoms with van der Waals surface area (Å²) in [6, 6.07) is 2.88. The van der Waals surface area contributed by atoms with Gasteiger partial charge in [-0.25, -0.2) is 9.59 Å². The molecule has 2 aromatic rings. The predicted octanol–water partition coefficient (Wildman–Crippen LogP) is 6.54. The van der Waals surface area contributed by atoms with Crippen LogP contribution in [0.3, 0.4) is 0 Å². The standard InChI is InChI=1S/C21H24ClF3N2O6/c1-20(2,3)32-19(30)27(18(28)29)17-14-9-15(22)11(8-16(14)33-26-17)10-31-13-6-4-12(5-7-13)21(23,24)25/h8-9,12-13H,4-7,10H2,1-3H3,(H,28,29). The van der Waals surface area contributed by atoms with Crippen LogP contribution in [-0.4, -0.2) is 40.3 Å². The highest BCUT2D eigenvalue weighted by atomic mass is 35.5. The molecule has 1 aliphatic rings. The highest BCUT2D eigenvalue weighted by molar-refractivity contribution is 6.32. The molecule has 1 aliphatic carbocycles. The van der Waals surface area contributed by atoms with Crippen molar-refractivity contribution in [1.29, 1.82) is 0 Å². The number of benzene rings is 1. The lowest BCUT2D eigenvalue weighted by Crippen LogP contribution is -2.40. The molecule has 0 aliphatic heterocycles. The van der Waals surface area contributed by atoms with Crippen LogP contribution in [0.25, 0.3) is 11.0 Å². The Bertz CT molecular complexity index is 1030. The monoisotopic (exact) mass is 492 g/mol. The molecule has 1 fully saturated rings. The van der Waals surface area contributed by atoms with Crippen molar-refractivity contribution < 1.29 is 41.9 Å². The Morgan fingerprint density at radius 3 is 2.39 bits per heavy atom. The van der Waals surface area contributed by atoms with E-state index in [0.29, 0.717) is 23.3 Å². The fourth-order valence-electron chi connectivity index (χ4n) is 3.59. The summed E-state index contributed by atoms with van der Waals surface area (Å²) in [6.45, 7) is 4.79. The average Bonchev–Trinajstić information content (AvgIpc) is 3.06. The number of aromatic nitrogens is 1. The molecule has 33 heavy (non-hydrogen) atoms. The van der Waals surface area contributed by atoms with Gasteiger partial charge in [-0.05, 0) is 58.6 Å². The summed E-state index contributed by atoms with van der Waals surface area (Å²) in [7, 11) is 0. The Morgan fingerprint density at radius 2 is 1.85 bits per heavy atom. The number of imide groups is 1. The van der Waals surface area contributed by atoms with Crippen LogP contribution in [0.15, 0.2) is 16.7 Å². The van der Waals surface area contributed by atoms with Crippen LogP contribution in [-0.2, 0) is 16.1 Å². The molecule has 0 radical (unpaired) electrons. The Hall–Kier alpha value is -2.53. The topological polar surface area (TPSA) is 102 Å². The van der Waals surface area contributed by atoms with E-state index in [-0.39, 0.29) is 47.4 Å². The summed E-state index contributed by atoms with van der Waals surface area (Å²) in [5, 5.41) is 13.6. The fourth-order valence-corrected chi connectivity index (χ4v) is 3.80. The summed E-state index contributed by atoms with van der Waals surface area (Å²) < 4.78 is 54.5. The minimum Gasteiger partial charge on any atom is -0.464 e. The number of carboxylic acid groups (broad SMARTS) is 1. The number of hydrogen-bond donors (Lipinski definition) is 1. The maximum absolute atomic E-state index is 12.8. The molecule has 2 amide bonds. The number of halogens is 4. The van der Waals surface area contributed by atoms with Gasteiger partial charge in [0.15, 0.2) is 11.4 Å². The van der Waals surface area contributed by atoms with E-state index in [1.165, 1.54) is 12.1 Å². The SMILES string of the molecule is CC(C)(C)OC(=O)N(C(=O)O)c1noc2cc(COC3CCC(C(F)(F)F)CC3)c(Cl)cc12. The lowest BCUT2D eigenvalue weighted by Gasteiger charge is -2.29. The van der Waals surface area contributed by atoms with Gasteiger partial charge in [-0.1, -0.05) is 16.8 Å². The van der Waals surface area contributed by atoms with Gasteiger partial charge in [0.1, 0.15) is 5.60 Å². The molecule has 182 valence electrons. The maximum Gasteiger partial charge on any atom is 0.425 e. The lowest BCUT2D eigenvalue weighted by atomic mass is 9.87. The Kier molecular flexibility index (Phi) is 7.13. The number of rotatable bonds is 4. The van der Waals surface area contributed by atoms with Crippen molar-refractivity contribution in [3.8, 4) is 0 Å². The van der Waals surface area contributed by atoms with Crippen molar-refractivity contribution in [2.75, 3.05) is 4.90 Å². The molecule has 0 bridgehead atoms. The Labute approximate surface area is 192 Å². The molecule has 1 N–H and O–H groups in total. The van der Waals surface area contributed by atoms with Gasteiger partial charge in [0.25, 0.3) is 0 Å². The second-order valence-corrected chi connectivity index (χ2v) is 9.28. The third-order valence-corrected chi connectivity index (χ3v) is 5.56. The predicted molar refractivity (Wildman–Crippen MR) is 112 cm³/mol. The third-order valence-electron chi connectivity index (χ3n) is 5.21. The molecule has 1 aromatic heterocycles. The first kappa shape index (κ1) is 25.1. The number of nitrogens with zero attached hydrogens (tertiary/aromatic N) is 2. The van der Waals surface area contributed by atoms with Gasteiger partial charge in [-0.3, -0.25) is 0 Å². The quantitative estimate of drug-likeness (QED) is 0.517. The van der Waals surface area contributed by atoms with Crippen molar-refractivity contribution in [3.63, 3.8) is 0 Å². The van der Waals surface area contributed by atoms with Crippen molar-refractivity contribution in [1.82, 2.24) is 5.16 Å². The van der Waals surface area contributed by atoms with Crippen molar-refractivity contribution in [3.05, 3.63) is 22.7 Å². The van der Waals surface area contributed by atoms with Crippen LogP contribution >= 0.6 is 11.6 Å². The summed E-state index contributed by atoms with van der Waals surface area (Å²) in [6.07, 6.45) is -6.66. The number of anilines is 1. The van der Waals surface area contributed by atoms with E-state index in [2.05, 4.69) is 5.16 Å². The molecule has 0 spiro atoms. The average molecular weight is 493 g/mol. The number of ether oxygens (including phenoxy) is 2. The summed E-state index contributed by atoms with van der Waals surface area (Å²) in [5.74, 6) is -1.60. The van der Waals surface area contributed by atoms with Gasteiger partial charge in [0.05, 0.1) is 24.0 Å². The van der Waals surface area contributed by atoms with Gasteiger partial charge >= 0.3 is 18.4 Å². The smallest absolute Gasteiger partial charge is 0.425 e. The number of carbonyl (C=O) groups excluding carboxylic acids is 1. The van der Waals surface area contributed by atoms with Gasteiger partial charge in [-0.2, -0.15) is 18.1 Å². The van der Waals surface area contributed by atoms with E-state index in [4.69, 9.17) is 25.6 Å². The van der Waals surface area contributed by atoms with Crippen LogP contribution in [0.4, 0.5) is 28.6 Å². The fraction of sp³-hybridized carbons (Fsp3) is 0.571. The molecule has 3 rings (SSSR count). The largest absolute Gasteiger partial charge is 0.464 e. The summed E-state index contributed by atoms with van der Waals surface area (Å²) in [4.78, 5) is 24.4. The minimum atomic E-state index is -4.19. The normalized spacial score (nSPS) is 19.5. The van der Waals surface area contributed by atoms with Crippen LogP contribution in [0.2, 0.25) is 5.02 Å². The number of hydrogen-bond acceptors (Lipinski definition) is 6. The van der Waals surface area contributed by atoms with E-state index in [9.17, 15) is 27.9 Å². The number of fused-ring (bicyclic) bond motifs is 1. The summed E-state index contributed by atoms with van der Waals surface area (Å²) >= 11 is 6.32. The highest BCUT2D eigenvalue weighted by Crippen LogP contribution is 2.39. The van der Waals surface area contributed by atoms with Gasteiger partial charge in [0.2, 0.25) is 0 Å². The van der Waals surface area contributed by atoms with E-state index >= 15 is 0 Å². The first-order valence-corrected chi connectivity index (χ1v) is 10.7. The molecule has 0 saturated heterocycles. The zero-order valence-electron chi connectivity index (χ0n) is 18.2. The van der Waals surface area contributed by atoms with Crippen molar-refractivity contribution >= 4 is 40.6 Å². The molecule has 8 nitrogen and oxygen atoms in total. The third kappa shape index (κ3) is 6.08. The molecule has 1 aromatic carbocycles. The highest BCUT2D eigenvalue weighted by Gasteiger charge is 2.41. The molecule has 1 heterocycles. The summed E-state index contributed by atoms with van der Waals surface area (Å²) in [5.41, 5.74) is -0.293. The van der Waals surface area contributed by atoms with E-state index in [1.807, 2.05) is 0 Å². The molecule has 0 unspecified atom stereocenters. The van der Waals surface area contributed by atoms with E-state index in [0.717, 1.165) is 0 Å². The molecule has 1 saturated carbocycles. The van der Waals surface area contributed by atoms with Gasteiger partial charge in [-0.15, -0.1) is 0 Å². The molecular weight excluding hydrogens is 469 g/mol. The van der Waals surface area contributed by atoms with E-state index in [1.54, 1.807) is 20.8 Å². The zero-order chi connectivity index (χ0) is 24.6. The van der Waals surface area contributed by atoms with Crippen molar-refractivity contribution in [2.45, 2.75) is 70.9 Å². The Morgan fingerprint density at radius 1 is 1.21 bits per heavy atom. The van der Waals surface area contributed by atoms with Gasteiger partial charge < -0.3 is 19.1 Å². The zero-order valence-corrected chi connectivity index (χ0v) is 19.0. The second kappa shape index (κ2) is 9.38. The second-order valence-electron chi connectivity index (χ2n) is 8.87. The van der Waals surface area contributed by atoms with Crippen LogP contribution < -0.4 is 4.90 Å². The van der Waals surface area contributed by atoms with Crippen molar-refractivity contribution in [2.24, 2.45) is 5.92 Å². The Balaban J connectivity index is 1.74. The van der Waals surface area contributed by atoms with Gasteiger partial charge in [0, 0.05) is 10.6 Å². The molecular formula is C21H24ClF3N2O6. The van der Waals surface area contributed by atoms with Crippen LogP contribution in [0.5, 0.6) is 0 Å². The van der Waals surface area contributed by atoms with Crippen LogP contribution in [0.1, 0.15) is 52.0 Å². The number of amides is 2. The lowest BCUT2D eigenvalue weighted by molar-refractivity contribution is -0.188. The van der Waals surface area contributed by atoms with Crippen LogP contribution in [0, 0.1) is 5.92 Å². The first-order chi connectivity index (χ1) is 15.3. The van der Waals surface area contributed by atoms with E-state index < -0.39 is 29.9 Å². The maximum atomic E-state index is 12.8. The molecule has 12 heteroatoms. The first-order valence-electron chi connectivity index (χ1n) is 10.3. The number of carbonyl (C=O) groups is 2. The number of alkyl halides is 3. The minimum absolute atomic E-state index is 0.0160.